The molecule has 2 heteroatoms. The van der Waals surface area contributed by atoms with Gasteiger partial charge in [-0.25, -0.2) is 0 Å². The summed E-state index contributed by atoms with van der Waals surface area (Å²) in [5, 5.41) is 0. The summed E-state index contributed by atoms with van der Waals surface area (Å²) in [6.45, 7) is 8.49. The van der Waals surface area contributed by atoms with E-state index in [1.807, 2.05) is 0 Å². The van der Waals surface area contributed by atoms with Crippen LogP contribution in [0.1, 0.15) is 47.0 Å². The van der Waals surface area contributed by atoms with Crippen molar-refractivity contribution in [2.24, 2.45) is 5.41 Å². The van der Waals surface area contributed by atoms with Gasteiger partial charge in [-0.3, -0.25) is 4.79 Å². The molecule has 0 aromatic heterocycles. The van der Waals surface area contributed by atoms with Gasteiger partial charge in [0.05, 0.1) is 0 Å². The molecule has 0 saturated carbocycles. The SMILES string of the molecule is CC[C@]1(C(C)(C)C)CCC(=O)O1. The van der Waals surface area contributed by atoms with Crippen LogP contribution in [0, 0.1) is 5.41 Å². The van der Waals surface area contributed by atoms with Gasteiger partial charge < -0.3 is 4.74 Å². The van der Waals surface area contributed by atoms with E-state index in [0.717, 1.165) is 12.8 Å². The molecule has 1 heterocycles. The van der Waals surface area contributed by atoms with Gasteiger partial charge in [-0.15, -0.1) is 0 Å². The van der Waals surface area contributed by atoms with E-state index in [4.69, 9.17) is 4.74 Å². The standard InChI is InChI=1S/C10H18O2/c1-5-10(9(2,3)4)7-6-8(11)12-10/h5-7H2,1-4H3/t10-/m1/s1. The Morgan fingerprint density at radius 2 is 2.08 bits per heavy atom. The molecule has 12 heavy (non-hydrogen) atoms. The summed E-state index contributed by atoms with van der Waals surface area (Å²) >= 11 is 0. The molecule has 1 saturated heterocycles. The van der Waals surface area contributed by atoms with Gasteiger partial charge in [-0.1, -0.05) is 27.7 Å². The highest BCUT2D eigenvalue weighted by Gasteiger charge is 2.47. The van der Waals surface area contributed by atoms with Crippen molar-refractivity contribution in [2.45, 2.75) is 52.6 Å². The number of carbonyl (C=O) groups is 1. The van der Waals surface area contributed by atoms with Crippen molar-refractivity contribution in [3.8, 4) is 0 Å². The Bertz CT molecular complexity index is 191. The van der Waals surface area contributed by atoms with Gasteiger partial charge in [0.2, 0.25) is 0 Å². The van der Waals surface area contributed by atoms with E-state index in [0.29, 0.717) is 6.42 Å². The molecule has 0 N–H and O–H groups in total. The van der Waals surface area contributed by atoms with Crippen molar-refractivity contribution in [2.75, 3.05) is 0 Å². The quantitative estimate of drug-likeness (QED) is 0.565. The zero-order chi connectivity index (χ0) is 9.41. The van der Waals surface area contributed by atoms with Gasteiger partial charge in [-0.05, 0) is 12.8 Å². The van der Waals surface area contributed by atoms with E-state index < -0.39 is 0 Å². The van der Waals surface area contributed by atoms with E-state index in [9.17, 15) is 4.79 Å². The fourth-order valence-electron chi connectivity index (χ4n) is 1.93. The van der Waals surface area contributed by atoms with Crippen molar-refractivity contribution in [1.29, 1.82) is 0 Å². The minimum atomic E-state index is -0.204. The van der Waals surface area contributed by atoms with E-state index in [-0.39, 0.29) is 17.0 Å². The summed E-state index contributed by atoms with van der Waals surface area (Å²) in [7, 11) is 0. The summed E-state index contributed by atoms with van der Waals surface area (Å²) in [6.07, 6.45) is 2.39. The van der Waals surface area contributed by atoms with Crippen LogP contribution in [-0.2, 0) is 9.53 Å². The molecule has 0 aromatic carbocycles. The number of ether oxygens (including phenoxy) is 1. The topological polar surface area (TPSA) is 26.3 Å². The second-order valence-electron chi connectivity index (χ2n) is 4.57. The van der Waals surface area contributed by atoms with E-state index in [1.165, 1.54) is 0 Å². The molecule has 1 atom stereocenters. The highest BCUT2D eigenvalue weighted by Crippen LogP contribution is 2.44. The van der Waals surface area contributed by atoms with Crippen LogP contribution in [-0.4, -0.2) is 11.6 Å². The van der Waals surface area contributed by atoms with Gasteiger partial charge in [0, 0.05) is 11.8 Å². The molecule has 1 aliphatic heterocycles. The largest absolute Gasteiger partial charge is 0.458 e. The lowest BCUT2D eigenvalue weighted by Gasteiger charge is -2.39. The van der Waals surface area contributed by atoms with E-state index >= 15 is 0 Å². The van der Waals surface area contributed by atoms with Gasteiger partial charge in [0.25, 0.3) is 0 Å². The van der Waals surface area contributed by atoms with Gasteiger partial charge in [-0.2, -0.15) is 0 Å². The Labute approximate surface area is 74.3 Å². The maximum absolute atomic E-state index is 11.0. The molecule has 0 unspecified atom stereocenters. The Hall–Kier alpha value is -0.530. The van der Waals surface area contributed by atoms with E-state index in [2.05, 4.69) is 27.7 Å². The van der Waals surface area contributed by atoms with Gasteiger partial charge in [0.1, 0.15) is 5.60 Å². The zero-order valence-corrected chi connectivity index (χ0v) is 8.44. The summed E-state index contributed by atoms with van der Waals surface area (Å²) in [4.78, 5) is 11.0. The predicted octanol–water partition coefficient (Wildman–Crippen LogP) is 2.52. The predicted molar refractivity (Wildman–Crippen MR) is 47.8 cm³/mol. The fraction of sp³-hybridized carbons (Fsp3) is 0.900. The van der Waals surface area contributed by atoms with Crippen molar-refractivity contribution in [3.05, 3.63) is 0 Å². The molecular weight excluding hydrogens is 152 g/mol. The Morgan fingerprint density at radius 3 is 2.25 bits per heavy atom. The smallest absolute Gasteiger partial charge is 0.306 e. The van der Waals surface area contributed by atoms with Gasteiger partial charge >= 0.3 is 5.97 Å². The minimum Gasteiger partial charge on any atom is -0.458 e. The second kappa shape index (κ2) is 2.75. The molecule has 0 bridgehead atoms. The van der Waals surface area contributed by atoms with Crippen LogP contribution in [0.5, 0.6) is 0 Å². The molecule has 1 rings (SSSR count). The molecule has 2 nitrogen and oxygen atoms in total. The normalized spacial score (nSPS) is 30.5. The first-order valence-electron chi connectivity index (χ1n) is 4.63. The number of rotatable bonds is 1. The van der Waals surface area contributed by atoms with Crippen LogP contribution < -0.4 is 0 Å². The van der Waals surface area contributed by atoms with Gasteiger partial charge in [0.15, 0.2) is 0 Å². The molecule has 1 aliphatic rings. The monoisotopic (exact) mass is 170 g/mol. The molecule has 0 radical (unpaired) electrons. The number of carbonyl (C=O) groups excluding carboxylic acids is 1. The first-order valence-corrected chi connectivity index (χ1v) is 4.63. The average Bonchev–Trinajstić information content (AvgIpc) is 2.31. The molecule has 0 aromatic rings. The molecule has 70 valence electrons. The third kappa shape index (κ3) is 1.35. The molecule has 0 spiro atoms. The Kier molecular flexibility index (Phi) is 2.19. The summed E-state index contributed by atoms with van der Waals surface area (Å²) < 4.78 is 5.42. The first-order chi connectivity index (χ1) is 5.41. The Balaban J connectivity index is 2.85. The minimum absolute atomic E-state index is 0.0354. The average molecular weight is 170 g/mol. The highest BCUT2D eigenvalue weighted by atomic mass is 16.6. The number of hydrogen-bond acceptors (Lipinski definition) is 2. The third-order valence-corrected chi connectivity index (χ3v) is 2.98. The molecule has 1 fully saturated rings. The van der Waals surface area contributed by atoms with Crippen molar-refractivity contribution in [1.82, 2.24) is 0 Å². The molecular formula is C10H18O2. The zero-order valence-electron chi connectivity index (χ0n) is 8.44. The van der Waals surface area contributed by atoms with Crippen LogP contribution in [0.4, 0.5) is 0 Å². The molecule has 0 aliphatic carbocycles. The lowest BCUT2D eigenvalue weighted by molar-refractivity contribution is -0.158. The van der Waals surface area contributed by atoms with Crippen molar-refractivity contribution < 1.29 is 9.53 Å². The summed E-state index contributed by atoms with van der Waals surface area (Å²) in [6, 6.07) is 0. The number of esters is 1. The summed E-state index contributed by atoms with van der Waals surface area (Å²) in [5.74, 6) is -0.0354. The van der Waals surface area contributed by atoms with Crippen LogP contribution >= 0.6 is 0 Å². The van der Waals surface area contributed by atoms with E-state index in [1.54, 1.807) is 0 Å². The lowest BCUT2D eigenvalue weighted by Crippen LogP contribution is -2.41. The van der Waals surface area contributed by atoms with Crippen molar-refractivity contribution in [3.63, 3.8) is 0 Å². The van der Waals surface area contributed by atoms with Crippen molar-refractivity contribution >= 4 is 5.97 Å². The number of hydrogen-bond donors (Lipinski definition) is 0. The first kappa shape index (κ1) is 9.56. The Morgan fingerprint density at radius 1 is 1.50 bits per heavy atom. The number of cyclic esters (lactones) is 1. The van der Waals surface area contributed by atoms with Crippen LogP contribution in [0.2, 0.25) is 0 Å². The maximum atomic E-state index is 11.0. The highest BCUT2D eigenvalue weighted by molar-refractivity contribution is 5.72. The lowest BCUT2D eigenvalue weighted by atomic mass is 9.73. The van der Waals surface area contributed by atoms with Crippen LogP contribution in [0.3, 0.4) is 0 Å². The molecule has 0 amide bonds. The van der Waals surface area contributed by atoms with Crippen LogP contribution in [0.15, 0.2) is 0 Å². The fourth-order valence-corrected chi connectivity index (χ4v) is 1.93. The second-order valence-corrected chi connectivity index (χ2v) is 4.57. The third-order valence-electron chi connectivity index (χ3n) is 2.98. The summed E-state index contributed by atoms with van der Waals surface area (Å²) in [5.41, 5.74) is -0.141. The van der Waals surface area contributed by atoms with Crippen LogP contribution in [0.25, 0.3) is 0 Å². The maximum Gasteiger partial charge on any atom is 0.306 e.